The molecule has 3 aromatic rings. The van der Waals surface area contributed by atoms with Crippen LogP contribution in [0.15, 0.2) is 53.3 Å². The minimum Gasteiger partial charge on any atom is -0.425 e. The Hall–Kier alpha value is -2.53. The number of rotatable bonds is 4. The molecular formula is C17H15ClN2O3. The molecule has 0 N–H and O–H groups in total. The largest absolute Gasteiger partial charge is 0.425 e. The molecule has 0 aliphatic heterocycles. The molecule has 0 spiro atoms. The predicted octanol–water partition coefficient (Wildman–Crippen LogP) is 2.99. The van der Waals surface area contributed by atoms with Crippen LogP contribution in [0.25, 0.3) is 11.0 Å². The van der Waals surface area contributed by atoms with Crippen LogP contribution in [-0.4, -0.2) is 15.1 Å². The van der Waals surface area contributed by atoms with Gasteiger partial charge in [-0.05, 0) is 24.3 Å². The van der Waals surface area contributed by atoms with Gasteiger partial charge >= 0.3 is 11.7 Å². The van der Waals surface area contributed by atoms with E-state index in [-0.39, 0.29) is 18.7 Å². The van der Waals surface area contributed by atoms with Gasteiger partial charge in [-0.25, -0.2) is 4.79 Å². The van der Waals surface area contributed by atoms with E-state index in [1.54, 1.807) is 40.4 Å². The Morgan fingerprint density at radius 2 is 1.74 bits per heavy atom. The highest BCUT2D eigenvalue weighted by molar-refractivity contribution is 6.32. The second kappa shape index (κ2) is 6.30. The summed E-state index contributed by atoms with van der Waals surface area (Å²) in [5.74, 6) is -0.109. The van der Waals surface area contributed by atoms with Gasteiger partial charge in [-0.2, -0.15) is 0 Å². The maximum Gasteiger partial charge on any atom is 0.328 e. The van der Waals surface area contributed by atoms with Crippen molar-refractivity contribution in [3.63, 3.8) is 0 Å². The number of imidazole rings is 1. The molecule has 0 radical (unpaired) electrons. The Bertz CT molecular complexity index is 927. The third-order valence-electron chi connectivity index (χ3n) is 3.65. The molecule has 0 aliphatic carbocycles. The first-order valence-electron chi connectivity index (χ1n) is 7.17. The summed E-state index contributed by atoms with van der Waals surface area (Å²) in [5, 5.41) is 0.378. The number of carbonyl (C=O) groups is 1. The zero-order chi connectivity index (χ0) is 16.4. The summed E-state index contributed by atoms with van der Waals surface area (Å²) in [7, 11) is 1.71. The Balaban J connectivity index is 1.76. The molecule has 0 fully saturated rings. The first-order valence-corrected chi connectivity index (χ1v) is 7.55. The average molecular weight is 331 g/mol. The number of benzene rings is 2. The molecule has 0 saturated heterocycles. The second-order valence-corrected chi connectivity index (χ2v) is 5.54. The standard InChI is InChI=1S/C17H15ClN2O3/c1-19-13-7-3-4-8-14(13)20(17(19)22)11-10-16(21)23-15-9-5-2-6-12(15)18/h2-9H,10-11H2,1H3. The number of aromatic nitrogens is 2. The fraction of sp³-hybridized carbons (Fsp3) is 0.176. The normalized spacial score (nSPS) is 10.9. The van der Waals surface area contributed by atoms with Crippen LogP contribution in [0.3, 0.4) is 0 Å². The molecule has 0 unspecified atom stereocenters. The van der Waals surface area contributed by atoms with Gasteiger partial charge < -0.3 is 4.74 Å². The van der Waals surface area contributed by atoms with Crippen LogP contribution < -0.4 is 10.4 Å². The number of esters is 1. The van der Waals surface area contributed by atoms with Crippen LogP contribution in [0.5, 0.6) is 5.75 Å². The van der Waals surface area contributed by atoms with Crippen molar-refractivity contribution in [3.8, 4) is 5.75 Å². The van der Waals surface area contributed by atoms with Crippen molar-refractivity contribution < 1.29 is 9.53 Å². The van der Waals surface area contributed by atoms with Crippen molar-refractivity contribution in [1.29, 1.82) is 0 Å². The zero-order valence-corrected chi connectivity index (χ0v) is 13.3. The molecule has 1 heterocycles. The Morgan fingerprint density at radius 1 is 1.09 bits per heavy atom. The highest BCUT2D eigenvalue weighted by Crippen LogP contribution is 2.23. The van der Waals surface area contributed by atoms with Gasteiger partial charge in [-0.15, -0.1) is 0 Å². The molecular weight excluding hydrogens is 316 g/mol. The van der Waals surface area contributed by atoms with E-state index in [2.05, 4.69) is 0 Å². The molecule has 0 bridgehead atoms. The van der Waals surface area contributed by atoms with Crippen LogP contribution in [0.1, 0.15) is 6.42 Å². The zero-order valence-electron chi connectivity index (χ0n) is 12.5. The highest BCUT2D eigenvalue weighted by atomic mass is 35.5. The highest BCUT2D eigenvalue weighted by Gasteiger charge is 2.13. The fourth-order valence-corrected chi connectivity index (χ4v) is 2.66. The van der Waals surface area contributed by atoms with Gasteiger partial charge in [0.2, 0.25) is 0 Å². The van der Waals surface area contributed by atoms with E-state index in [1.165, 1.54) is 0 Å². The van der Waals surface area contributed by atoms with Crippen molar-refractivity contribution in [2.24, 2.45) is 7.05 Å². The lowest BCUT2D eigenvalue weighted by molar-refractivity contribution is -0.134. The molecule has 23 heavy (non-hydrogen) atoms. The molecule has 1 aromatic heterocycles. The van der Waals surface area contributed by atoms with Gasteiger partial charge in [0, 0.05) is 13.6 Å². The molecule has 0 aliphatic rings. The van der Waals surface area contributed by atoms with E-state index in [0.29, 0.717) is 10.8 Å². The van der Waals surface area contributed by atoms with E-state index >= 15 is 0 Å². The number of para-hydroxylation sites is 3. The Kier molecular flexibility index (Phi) is 4.21. The first kappa shape index (κ1) is 15.4. The van der Waals surface area contributed by atoms with Gasteiger partial charge in [-0.1, -0.05) is 35.9 Å². The lowest BCUT2D eigenvalue weighted by atomic mass is 10.3. The van der Waals surface area contributed by atoms with Gasteiger partial charge in [-0.3, -0.25) is 13.9 Å². The number of carbonyl (C=O) groups excluding carboxylic acids is 1. The third-order valence-corrected chi connectivity index (χ3v) is 3.96. The van der Waals surface area contributed by atoms with Gasteiger partial charge in [0.25, 0.3) is 0 Å². The van der Waals surface area contributed by atoms with E-state index in [4.69, 9.17) is 16.3 Å². The minimum atomic E-state index is -0.432. The van der Waals surface area contributed by atoms with Crippen molar-refractivity contribution in [3.05, 3.63) is 64.0 Å². The number of hydrogen-bond donors (Lipinski definition) is 0. The number of nitrogens with zero attached hydrogens (tertiary/aromatic N) is 2. The van der Waals surface area contributed by atoms with Crippen molar-refractivity contribution >= 4 is 28.6 Å². The van der Waals surface area contributed by atoms with Gasteiger partial charge in [0.1, 0.15) is 5.75 Å². The lowest BCUT2D eigenvalue weighted by Gasteiger charge is -2.06. The maximum atomic E-state index is 12.3. The molecule has 5 nitrogen and oxygen atoms in total. The quantitative estimate of drug-likeness (QED) is 0.546. The summed E-state index contributed by atoms with van der Waals surface area (Å²) in [6.07, 6.45) is 0.0825. The minimum absolute atomic E-state index is 0.0825. The fourth-order valence-electron chi connectivity index (χ4n) is 2.48. The number of fused-ring (bicyclic) bond motifs is 1. The van der Waals surface area contributed by atoms with Crippen LogP contribution >= 0.6 is 11.6 Å². The van der Waals surface area contributed by atoms with E-state index < -0.39 is 5.97 Å². The molecule has 3 rings (SSSR count). The summed E-state index contributed by atoms with van der Waals surface area (Å²) in [6.45, 7) is 0.253. The summed E-state index contributed by atoms with van der Waals surface area (Å²) >= 11 is 5.96. The lowest BCUT2D eigenvalue weighted by Crippen LogP contribution is -2.24. The van der Waals surface area contributed by atoms with Crippen molar-refractivity contribution in [2.75, 3.05) is 0 Å². The number of aryl methyl sites for hydroxylation is 2. The number of ether oxygens (including phenoxy) is 1. The summed E-state index contributed by atoms with van der Waals surface area (Å²) < 4.78 is 8.37. The second-order valence-electron chi connectivity index (χ2n) is 5.14. The van der Waals surface area contributed by atoms with Crippen LogP contribution in [0, 0.1) is 0 Å². The molecule has 6 heteroatoms. The van der Waals surface area contributed by atoms with E-state index in [0.717, 1.165) is 11.0 Å². The Labute approximate surface area is 137 Å². The first-order chi connectivity index (χ1) is 11.1. The Morgan fingerprint density at radius 3 is 2.48 bits per heavy atom. The number of hydrogen-bond acceptors (Lipinski definition) is 3. The van der Waals surface area contributed by atoms with Gasteiger partial charge in [0.15, 0.2) is 0 Å². The molecule has 0 atom stereocenters. The predicted molar refractivity (Wildman–Crippen MR) is 88.9 cm³/mol. The monoisotopic (exact) mass is 330 g/mol. The molecule has 2 aromatic carbocycles. The van der Waals surface area contributed by atoms with Crippen LogP contribution in [0.4, 0.5) is 0 Å². The van der Waals surface area contributed by atoms with Crippen molar-refractivity contribution in [1.82, 2.24) is 9.13 Å². The smallest absolute Gasteiger partial charge is 0.328 e. The summed E-state index contributed by atoms with van der Waals surface area (Å²) in [6, 6.07) is 14.2. The van der Waals surface area contributed by atoms with E-state index in [9.17, 15) is 9.59 Å². The molecule has 118 valence electrons. The number of halogens is 1. The summed E-state index contributed by atoms with van der Waals surface area (Å²) in [4.78, 5) is 24.3. The SMILES string of the molecule is Cn1c(=O)n(CCC(=O)Oc2ccccc2Cl)c2ccccc21. The van der Waals surface area contributed by atoms with E-state index in [1.807, 2.05) is 24.3 Å². The van der Waals surface area contributed by atoms with Crippen molar-refractivity contribution in [2.45, 2.75) is 13.0 Å². The molecule has 0 amide bonds. The third kappa shape index (κ3) is 3.00. The van der Waals surface area contributed by atoms with Crippen LogP contribution in [0.2, 0.25) is 5.02 Å². The topological polar surface area (TPSA) is 53.2 Å². The van der Waals surface area contributed by atoms with Gasteiger partial charge in [0.05, 0.1) is 22.5 Å². The maximum absolute atomic E-state index is 12.3. The molecule has 0 saturated carbocycles. The average Bonchev–Trinajstić information content (AvgIpc) is 2.80. The van der Waals surface area contributed by atoms with Crippen LogP contribution in [-0.2, 0) is 18.4 Å². The summed E-state index contributed by atoms with van der Waals surface area (Å²) in [5.41, 5.74) is 1.47.